The average Bonchev–Trinajstić information content (AvgIpc) is 2.92. The van der Waals surface area contributed by atoms with Gasteiger partial charge in [-0.2, -0.15) is 0 Å². The largest absolute Gasteiger partial charge is 0.454 e. The minimum absolute atomic E-state index is 0.0875. The summed E-state index contributed by atoms with van der Waals surface area (Å²) in [5.41, 5.74) is 2.70. The second-order valence-corrected chi connectivity index (χ2v) is 4.70. The van der Waals surface area contributed by atoms with Crippen molar-refractivity contribution in [3.8, 4) is 11.5 Å². The molecule has 0 radical (unpaired) electrons. The zero-order valence-electron chi connectivity index (χ0n) is 11.2. The highest BCUT2D eigenvalue weighted by Crippen LogP contribution is 2.38. The third-order valence-electron chi connectivity index (χ3n) is 3.60. The number of aryl methyl sites for hydroxylation is 1. The van der Waals surface area contributed by atoms with Gasteiger partial charge in [-0.3, -0.25) is 4.79 Å². The number of Topliss-reactive ketones (excluding diaryl/α,β-unsaturated/α-hetero) is 1. The molecule has 0 saturated carbocycles. The maximum atomic E-state index is 12.2. The minimum Gasteiger partial charge on any atom is -0.454 e. The molecule has 1 aliphatic rings. The van der Waals surface area contributed by atoms with Gasteiger partial charge in [0.25, 0.3) is 0 Å². The molecule has 2 heterocycles. The van der Waals surface area contributed by atoms with Gasteiger partial charge in [-0.25, -0.2) is 0 Å². The summed E-state index contributed by atoms with van der Waals surface area (Å²) in [7, 11) is 3.73. The summed E-state index contributed by atoms with van der Waals surface area (Å²) in [6, 6.07) is 3.83. The number of likely N-dealkylation sites (N-methyl/N-ethyl adjacent to an activating group) is 1. The number of nitrogens with one attached hydrogen (secondary N) is 1. The van der Waals surface area contributed by atoms with Crippen molar-refractivity contribution in [2.45, 2.75) is 6.92 Å². The van der Waals surface area contributed by atoms with Crippen molar-refractivity contribution in [3.05, 3.63) is 23.4 Å². The molecule has 5 heteroatoms. The van der Waals surface area contributed by atoms with Crippen molar-refractivity contribution >= 4 is 16.7 Å². The van der Waals surface area contributed by atoms with Gasteiger partial charge in [0.1, 0.15) is 0 Å². The normalized spacial score (nSPS) is 13.2. The number of ketones is 1. The lowest BCUT2D eigenvalue weighted by atomic mass is 10.1. The van der Waals surface area contributed by atoms with E-state index in [-0.39, 0.29) is 12.6 Å². The van der Waals surface area contributed by atoms with E-state index in [4.69, 9.17) is 9.47 Å². The Kier molecular flexibility index (Phi) is 2.71. The van der Waals surface area contributed by atoms with Crippen LogP contribution in [0.2, 0.25) is 0 Å². The first-order valence-electron chi connectivity index (χ1n) is 6.20. The molecule has 1 aliphatic heterocycles. The second kappa shape index (κ2) is 4.28. The molecule has 0 aliphatic carbocycles. The fourth-order valence-corrected chi connectivity index (χ4v) is 2.55. The van der Waals surface area contributed by atoms with Crippen LogP contribution in [-0.4, -0.2) is 30.7 Å². The van der Waals surface area contributed by atoms with Crippen molar-refractivity contribution in [1.82, 2.24) is 9.88 Å². The molecule has 1 aromatic carbocycles. The van der Waals surface area contributed by atoms with Gasteiger partial charge < -0.3 is 19.4 Å². The Balaban J connectivity index is 2.26. The number of aromatic nitrogens is 1. The topological polar surface area (TPSA) is 52.5 Å². The molecule has 1 aromatic heterocycles. The number of nitrogens with zero attached hydrogens (tertiary/aromatic N) is 1. The molecule has 2 aromatic rings. The first-order valence-corrected chi connectivity index (χ1v) is 6.20. The standard InChI is InChI=1S/C14H16N2O3/c1-8-14(11(17)6-15-2)9-4-12-13(19-7-18-12)5-10(9)16(8)3/h4-5,15H,6-7H2,1-3H3. The van der Waals surface area contributed by atoms with Gasteiger partial charge in [0.05, 0.1) is 12.1 Å². The van der Waals surface area contributed by atoms with Gasteiger partial charge in [-0.05, 0) is 20.0 Å². The number of rotatable bonds is 3. The minimum atomic E-state index is 0.0875. The monoisotopic (exact) mass is 260 g/mol. The maximum absolute atomic E-state index is 12.2. The third-order valence-corrected chi connectivity index (χ3v) is 3.60. The molecular formula is C14H16N2O3. The number of carbonyl (C=O) groups excluding carboxylic acids is 1. The van der Waals surface area contributed by atoms with E-state index >= 15 is 0 Å². The summed E-state index contributed by atoms with van der Waals surface area (Å²) >= 11 is 0. The number of benzene rings is 1. The number of hydrogen-bond acceptors (Lipinski definition) is 4. The van der Waals surface area contributed by atoms with Crippen LogP contribution in [0.4, 0.5) is 0 Å². The van der Waals surface area contributed by atoms with E-state index < -0.39 is 0 Å². The van der Waals surface area contributed by atoms with Crippen LogP contribution in [0.1, 0.15) is 16.1 Å². The number of carbonyl (C=O) groups is 1. The molecule has 0 amide bonds. The molecule has 0 fully saturated rings. The lowest BCUT2D eigenvalue weighted by Gasteiger charge is -2.01. The molecule has 0 bridgehead atoms. The Morgan fingerprint density at radius 2 is 2.05 bits per heavy atom. The van der Waals surface area contributed by atoms with Gasteiger partial charge in [-0.15, -0.1) is 0 Å². The Bertz CT molecular complexity index is 673. The van der Waals surface area contributed by atoms with Crippen molar-refractivity contribution in [2.24, 2.45) is 7.05 Å². The van der Waals surface area contributed by atoms with Crippen LogP contribution < -0.4 is 14.8 Å². The molecule has 100 valence electrons. The second-order valence-electron chi connectivity index (χ2n) is 4.70. The molecular weight excluding hydrogens is 244 g/mol. The third kappa shape index (κ3) is 1.69. The smallest absolute Gasteiger partial charge is 0.231 e. The molecule has 1 N–H and O–H groups in total. The van der Waals surface area contributed by atoms with E-state index in [1.807, 2.05) is 30.7 Å². The van der Waals surface area contributed by atoms with Gasteiger partial charge in [0.2, 0.25) is 6.79 Å². The fraction of sp³-hybridized carbons (Fsp3) is 0.357. The summed E-state index contributed by atoms with van der Waals surface area (Å²) in [6.45, 7) is 2.52. The first kappa shape index (κ1) is 12.0. The molecule has 0 spiro atoms. The number of ether oxygens (including phenoxy) is 2. The van der Waals surface area contributed by atoms with E-state index in [1.54, 1.807) is 7.05 Å². The molecule has 3 rings (SSSR count). The van der Waals surface area contributed by atoms with Crippen LogP contribution in [0.5, 0.6) is 11.5 Å². The zero-order chi connectivity index (χ0) is 13.6. The van der Waals surface area contributed by atoms with Crippen LogP contribution in [0.3, 0.4) is 0 Å². The first-order chi connectivity index (χ1) is 9.13. The van der Waals surface area contributed by atoms with Crippen molar-refractivity contribution in [2.75, 3.05) is 20.4 Å². The summed E-state index contributed by atoms with van der Waals surface area (Å²) in [4.78, 5) is 12.2. The van der Waals surface area contributed by atoms with Gasteiger partial charge >= 0.3 is 0 Å². The van der Waals surface area contributed by atoms with Crippen LogP contribution in [0, 0.1) is 6.92 Å². The summed E-state index contributed by atoms with van der Waals surface area (Å²) in [5, 5.41) is 3.83. The van der Waals surface area contributed by atoms with Crippen molar-refractivity contribution in [3.63, 3.8) is 0 Å². The van der Waals surface area contributed by atoms with Crippen LogP contribution in [0.25, 0.3) is 10.9 Å². The molecule has 19 heavy (non-hydrogen) atoms. The Morgan fingerprint density at radius 1 is 1.37 bits per heavy atom. The van der Waals surface area contributed by atoms with Crippen LogP contribution in [-0.2, 0) is 7.05 Å². The molecule has 0 saturated heterocycles. The predicted octanol–water partition coefficient (Wildman–Crippen LogP) is 1.62. The Morgan fingerprint density at radius 3 is 2.74 bits per heavy atom. The van der Waals surface area contributed by atoms with E-state index in [1.165, 1.54) is 0 Å². The fourth-order valence-electron chi connectivity index (χ4n) is 2.55. The molecule has 0 unspecified atom stereocenters. The lowest BCUT2D eigenvalue weighted by molar-refractivity contribution is 0.0994. The SMILES string of the molecule is CNCC(=O)c1c(C)n(C)c2cc3c(cc12)OCO3. The lowest BCUT2D eigenvalue weighted by Crippen LogP contribution is -2.19. The number of hydrogen-bond donors (Lipinski definition) is 1. The van der Waals surface area contributed by atoms with E-state index in [0.717, 1.165) is 27.9 Å². The van der Waals surface area contributed by atoms with Crippen molar-refractivity contribution in [1.29, 1.82) is 0 Å². The highest BCUT2D eigenvalue weighted by atomic mass is 16.7. The summed E-state index contributed by atoms with van der Waals surface area (Å²) < 4.78 is 12.8. The van der Waals surface area contributed by atoms with E-state index in [0.29, 0.717) is 12.3 Å². The Labute approximate surface area is 111 Å². The summed E-state index contributed by atoms with van der Waals surface area (Å²) in [6.07, 6.45) is 0. The number of fused-ring (bicyclic) bond motifs is 2. The zero-order valence-corrected chi connectivity index (χ0v) is 11.2. The van der Waals surface area contributed by atoms with Gasteiger partial charge in [0, 0.05) is 29.8 Å². The van der Waals surface area contributed by atoms with Crippen LogP contribution in [0.15, 0.2) is 12.1 Å². The quantitative estimate of drug-likeness (QED) is 0.852. The predicted molar refractivity (Wildman–Crippen MR) is 72.0 cm³/mol. The highest BCUT2D eigenvalue weighted by Gasteiger charge is 2.22. The van der Waals surface area contributed by atoms with E-state index in [9.17, 15) is 4.79 Å². The maximum Gasteiger partial charge on any atom is 0.231 e. The molecule has 5 nitrogen and oxygen atoms in total. The van der Waals surface area contributed by atoms with E-state index in [2.05, 4.69) is 5.32 Å². The molecule has 0 atom stereocenters. The summed E-state index contributed by atoms with van der Waals surface area (Å²) in [5.74, 6) is 1.53. The van der Waals surface area contributed by atoms with Gasteiger partial charge in [0.15, 0.2) is 17.3 Å². The van der Waals surface area contributed by atoms with Crippen LogP contribution >= 0.6 is 0 Å². The van der Waals surface area contributed by atoms with Crippen molar-refractivity contribution < 1.29 is 14.3 Å². The van der Waals surface area contributed by atoms with Gasteiger partial charge in [-0.1, -0.05) is 0 Å². The highest BCUT2D eigenvalue weighted by molar-refractivity contribution is 6.11. The Hall–Kier alpha value is -2.01. The average molecular weight is 260 g/mol.